The van der Waals surface area contributed by atoms with Crippen LogP contribution in [0.15, 0.2) is 42.5 Å². The number of aryl methyl sites for hydroxylation is 1. The first-order chi connectivity index (χ1) is 16.0. The standard InChI is InChI=1S/C24H21ClFN3O3S/c1-14-20-10-21(33-24(20)29(28-14)11-15-2-4-18(25)5-3-15)23(30)27-7-6-16-8-19(26)9-17-12-31-13-32-22(16)17/h2-5,8-10H,6-7,11-13H2,1H3,(H,27,30). The van der Waals surface area contributed by atoms with Gasteiger partial charge in [-0.1, -0.05) is 23.7 Å². The number of aromatic nitrogens is 2. The van der Waals surface area contributed by atoms with Crippen molar-refractivity contribution in [3.8, 4) is 5.75 Å². The molecule has 1 aliphatic rings. The van der Waals surface area contributed by atoms with Crippen LogP contribution >= 0.6 is 22.9 Å². The Hall–Kier alpha value is -2.94. The lowest BCUT2D eigenvalue weighted by atomic mass is 10.1. The van der Waals surface area contributed by atoms with Crippen LogP contribution in [-0.2, 0) is 24.3 Å². The fourth-order valence-electron chi connectivity index (χ4n) is 3.93. The SMILES string of the molecule is Cc1nn(Cc2ccc(Cl)cc2)c2sc(C(=O)NCCc3cc(F)cc4c3OCOC4)cc12. The molecule has 0 atom stereocenters. The smallest absolute Gasteiger partial charge is 0.261 e. The molecule has 2 aromatic heterocycles. The molecule has 170 valence electrons. The maximum atomic E-state index is 13.9. The number of ether oxygens (including phenoxy) is 2. The van der Waals surface area contributed by atoms with Gasteiger partial charge in [0.15, 0.2) is 6.79 Å². The van der Waals surface area contributed by atoms with Crippen molar-refractivity contribution in [2.45, 2.75) is 26.5 Å². The molecule has 0 radical (unpaired) electrons. The highest BCUT2D eigenvalue weighted by Crippen LogP contribution is 2.31. The van der Waals surface area contributed by atoms with E-state index < -0.39 is 0 Å². The average Bonchev–Trinajstić information content (AvgIpc) is 3.36. The summed E-state index contributed by atoms with van der Waals surface area (Å²) < 4.78 is 26.6. The van der Waals surface area contributed by atoms with Crippen LogP contribution in [0.25, 0.3) is 10.2 Å². The highest BCUT2D eigenvalue weighted by molar-refractivity contribution is 7.20. The molecule has 0 aliphatic carbocycles. The third-order valence-corrected chi connectivity index (χ3v) is 6.91. The number of thiophene rings is 1. The Morgan fingerprint density at radius 2 is 2.09 bits per heavy atom. The molecule has 1 aliphatic heterocycles. The fraction of sp³-hybridized carbons (Fsp3) is 0.250. The lowest BCUT2D eigenvalue weighted by Crippen LogP contribution is -2.25. The summed E-state index contributed by atoms with van der Waals surface area (Å²) in [5.41, 5.74) is 3.36. The Bertz CT molecular complexity index is 1330. The Balaban J connectivity index is 1.28. The molecule has 0 spiro atoms. The quantitative estimate of drug-likeness (QED) is 0.413. The lowest BCUT2D eigenvalue weighted by Gasteiger charge is -2.20. The number of nitrogens with zero attached hydrogens (tertiary/aromatic N) is 2. The van der Waals surface area contributed by atoms with E-state index in [0.29, 0.717) is 47.3 Å². The van der Waals surface area contributed by atoms with E-state index in [2.05, 4.69) is 10.4 Å². The number of carbonyl (C=O) groups excluding carboxylic acids is 1. The average molecular weight is 486 g/mol. The predicted octanol–water partition coefficient (Wildman–Crippen LogP) is 5.09. The van der Waals surface area contributed by atoms with Gasteiger partial charge in [-0.25, -0.2) is 4.39 Å². The van der Waals surface area contributed by atoms with E-state index >= 15 is 0 Å². The third-order valence-electron chi connectivity index (χ3n) is 5.51. The van der Waals surface area contributed by atoms with Gasteiger partial charge in [-0.2, -0.15) is 5.10 Å². The van der Waals surface area contributed by atoms with Gasteiger partial charge in [-0.3, -0.25) is 9.48 Å². The highest BCUT2D eigenvalue weighted by atomic mass is 35.5. The summed E-state index contributed by atoms with van der Waals surface area (Å²) in [6.07, 6.45) is 0.458. The van der Waals surface area contributed by atoms with Gasteiger partial charge in [0.05, 0.1) is 23.7 Å². The van der Waals surface area contributed by atoms with Crippen molar-refractivity contribution in [1.82, 2.24) is 15.1 Å². The molecule has 0 saturated carbocycles. The van der Waals surface area contributed by atoms with E-state index in [0.717, 1.165) is 27.0 Å². The zero-order valence-electron chi connectivity index (χ0n) is 17.9. The molecule has 0 saturated heterocycles. The molecular formula is C24H21ClFN3O3S. The largest absolute Gasteiger partial charge is 0.467 e. The Labute approximate surface area is 198 Å². The van der Waals surface area contributed by atoms with Gasteiger partial charge in [0.2, 0.25) is 0 Å². The van der Waals surface area contributed by atoms with Crippen molar-refractivity contribution in [3.05, 3.63) is 80.6 Å². The van der Waals surface area contributed by atoms with E-state index in [1.54, 1.807) is 0 Å². The maximum Gasteiger partial charge on any atom is 0.261 e. The number of nitrogens with one attached hydrogen (secondary N) is 1. The van der Waals surface area contributed by atoms with Crippen molar-refractivity contribution in [1.29, 1.82) is 0 Å². The molecule has 1 N–H and O–H groups in total. The van der Waals surface area contributed by atoms with Crippen LogP contribution in [0.3, 0.4) is 0 Å². The summed E-state index contributed by atoms with van der Waals surface area (Å²) in [5, 5.41) is 9.21. The van der Waals surface area contributed by atoms with Crippen LogP contribution < -0.4 is 10.1 Å². The summed E-state index contributed by atoms with van der Waals surface area (Å²) in [6.45, 7) is 3.36. The normalized spacial score (nSPS) is 13.1. The number of rotatable bonds is 6. The van der Waals surface area contributed by atoms with E-state index in [1.165, 1.54) is 23.5 Å². The fourth-order valence-corrected chi connectivity index (χ4v) is 5.14. The minimum absolute atomic E-state index is 0.145. The van der Waals surface area contributed by atoms with Gasteiger partial charge in [0, 0.05) is 22.5 Å². The molecule has 5 rings (SSSR count). The first-order valence-electron chi connectivity index (χ1n) is 10.5. The van der Waals surface area contributed by atoms with Gasteiger partial charge in [-0.15, -0.1) is 11.3 Å². The van der Waals surface area contributed by atoms with Gasteiger partial charge in [0.1, 0.15) is 16.4 Å². The molecule has 0 fully saturated rings. The van der Waals surface area contributed by atoms with Crippen molar-refractivity contribution >= 4 is 39.1 Å². The molecule has 0 bridgehead atoms. The number of benzene rings is 2. The number of amides is 1. The molecule has 9 heteroatoms. The van der Waals surface area contributed by atoms with Crippen LogP contribution in [0, 0.1) is 12.7 Å². The van der Waals surface area contributed by atoms with Gasteiger partial charge in [0.25, 0.3) is 5.91 Å². The van der Waals surface area contributed by atoms with Gasteiger partial charge >= 0.3 is 0 Å². The maximum absolute atomic E-state index is 13.9. The summed E-state index contributed by atoms with van der Waals surface area (Å²) in [5.74, 6) is 0.147. The highest BCUT2D eigenvalue weighted by Gasteiger charge is 2.19. The number of carbonyl (C=O) groups is 1. The molecule has 3 heterocycles. The molecular weight excluding hydrogens is 465 g/mol. The molecule has 4 aromatic rings. The van der Waals surface area contributed by atoms with E-state index in [9.17, 15) is 9.18 Å². The van der Waals surface area contributed by atoms with Crippen molar-refractivity contribution < 1.29 is 18.7 Å². The summed E-state index contributed by atoms with van der Waals surface area (Å²) in [4.78, 5) is 14.4. The van der Waals surface area contributed by atoms with Crippen LogP contribution in [0.4, 0.5) is 4.39 Å². The predicted molar refractivity (Wildman–Crippen MR) is 126 cm³/mol. The first-order valence-corrected chi connectivity index (χ1v) is 11.7. The summed E-state index contributed by atoms with van der Waals surface area (Å²) in [7, 11) is 0. The number of hydrogen-bond acceptors (Lipinski definition) is 5. The van der Waals surface area contributed by atoms with Crippen molar-refractivity contribution in [3.63, 3.8) is 0 Å². The van der Waals surface area contributed by atoms with Gasteiger partial charge in [-0.05, 0) is 54.8 Å². The molecule has 33 heavy (non-hydrogen) atoms. The van der Waals surface area contributed by atoms with E-state index in [4.69, 9.17) is 21.1 Å². The number of hydrogen-bond donors (Lipinski definition) is 1. The van der Waals surface area contributed by atoms with Gasteiger partial charge < -0.3 is 14.8 Å². The zero-order valence-corrected chi connectivity index (χ0v) is 19.4. The summed E-state index contributed by atoms with van der Waals surface area (Å²) in [6, 6.07) is 12.4. The van der Waals surface area contributed by atoms with Crippen LogP contribution in [0.5, 0.6) is 5.75 Å². The minimum Gasteiger partial charge on any atom is -0.467 e. The Kier molecular flexibility index (Phi) is 6.05. The topological polar surface area (TPSA) is 65.4 Å². The molecule has 0 unspecified atom stereocenters. The van der Waals surface area contributed by atoms with Crippen molar-refractivity contribution in [2.24, 2.45) is 0 Å². The van der Waals surface area contributed by atoms with Crippen molar-refractivity contribution in [2.75, 3.05) is 13.3 Å². The number of fused-ring (bicyclic) bond motifs is 2. The second kappa shape index (κ2) is 9.13. The van der Waals surface area contributed by atoms with Crippen LogP contribution in [0.2, 0.25) is 5.02 Å². The molecule has 2 aromatic carbocycles. The third kappa shape index (κ3) is 4.59. The van der Waals surface area contributed by atoms with E-state index in [-0.39, 0.29) is 18.5 Å². The first kappa shape index (κ1) is 21.9. The second-order valence-corrected chi connectivity index (χ2v) is 9.34. The minimum atomic E-state index is -0.339. The zero-order chi connectivity index (χ0) is 22.9. The lowest BCUT2D eigenvalue weighted by molar-refractivity contribution is -0.0172. The Morgan fingerprint density at radius 1 is 1.27 bits per heavy atom. The Morgan fingerprint density at radius 3 is 2.91 bits per heavy atom. The second-order valence-electron chi connectivity index (χ2n) is 7.87. The molecule has 6 nitrogen and oxygen atoms in total. The molecule has 1 amide bonds. The number of halogens is 2. The monoisotopic (exact) mass is 485 g/mol. The van der Waals surface area contributed by atoms with Crippen LogP contribution in [-0.4, -0.2) is 29.0 Å². The summed E-state index contributed by atoms with van der Waals surface area (Å²) >= 11 is 7.39. The van der Waals surface area contributed by atoms with Crippen LogP contribution in [0.1, 0.15) is 32.1 Å². The van der Waals surface area contributed by atoms with E-state index in [1.807, 2.05) is 41.9 Å².